The first-order chi connectivity index (χ1) is 20.6. The first-order valence-electron chi connectivity index (χ1n) is 15.7. The first-order valence-corrected chi connectivity index (χ1v) is 17.5. The average molecular weight is 628 g/mol. The number of carbonyl (C=O) groups excluding carboxylic acids is 1. The zero-order chi connectivity index (χ0) is 30.1. The molecular formula is C33H42ClN3O5S. The zero-order valence-electron chi connectivity index (χ0n) is 25.2. The molecule has 1 amide bonds. The van der Waals surface area contributed by atoms with Gasteiger partial charge in [0, 0.05) is 49.3 Å². The maximum atomic E-state index is 13.4. The maximum absolute atomic E-state index is 13.4. The molecule has 10 heteroatoms. The Balaban J connectivity index is 1.30. The Morgan fingerprint density at radius 1 is 1.09 bits per heavy atom. The summed E-state index contributed by atoms with van der Waals surface area (Å²) in [5.41, 5.74) is 3.51. The molecule has 5 atom stereocenters. The average Bonchev–Trinajstić information content (AvgIpc) is 3.09. The van der Waals surface area contributed by atoms with Gasteiger partial charge in [-0.3, -0.25) is 4.79 Å². The molecule has 43 heavy (non-hydrogen) atoms. The number of benzene rings is 2. The lowest BCUT2D eigenvalue weighted by molar-refractivity contribution is -0.0901. The van der Waals surface area contributed by atoms with E-state index in [9.17, 15) is 13.2 Å². The molecule has 0 aromatic heterocycles. The zero-order valence-corrected chi connectivity index (χ0v) is 26.8. The second-order valence-corrected chi connectivity index (χ2v) is 15.8. The highest BCUT2D eigenvalue weighted by Gasteiger charge is 2.49. The van der Waals surface area contributed by atoms with Crippen LogP contribution in [-0.4, -0.2) is 64.6 Å². The molecule has 4 bridgehead atoms. The third-order valence-corrected chi connectivity index (χ3v) is 13.2. The molecule has 3 heterocycles. The highest BCUT2D eigenvalue weighted by atomic mass is 35.5. The van der Waals surface area contributed by atoms with Gasteiger partial charge in [0.1, 0.15) is 5.75 Å². The molecular weight excluding hydrogens is 586 g/mol. The SMILES string of the molecule is CO[C@@H]1C2CC(C2)[C@H](C)N(C)S(=O)(=O)NC(=O)c2ccc3c(c2)N(C[C@@H]2CC[C@H]21)C[C@@]1(CCCc2cc(Cl)ccc21)CO3. The predicted molar refractivity (Wildman–Crippen MR) is 167 cm³/mol. The Bertz CT molecular complexity index is 1530. The largest absolute Gasteiger partial charge is 0.490 e. The minimum absolute atomic E-state index is 0.164. The van der Waals surface area contributed by atoms with Crippen molar-refractivity contribution in [3.8, 4) is 5.75 Å². The Labute approximate surface area is 260 Å². The Morgan fingerprint density at radius 2 is 1.91 bits per heavy atom. The van der Waals surface area contributed by atoms with Crippen LogP contribution >= 0.6 is 11.6 Å². The van der Waals surface area contributed by atoms with Crippen molar-refractivity contribution in [3.63, 3.8) is 0 Å². The number of nitrogens with one attached hydrogen (secondary N) is 1. The molecule has 3 aliphatic carbocycles. The van der Waals surface area contributed by atoms with Crippen LogP contribution in [-0.2, 0) is 26.8 Å². The Morgan fingerprint density at radius 3 is 2.65 bits per heavy atom. The van der Waals surface area contributed by atoms with Crippen LogP contribution in [0.2, 0.25) is 5.02 Å². The quantitative estimate of drug-likeness (QED) is 0.468. The number of nitrogens with zero attached hydrogens (tertiary/aromatic N) is 2. The number of rotatable bonds is 1. The van der Waals surface area contributed by atoms with Gasteiger partial charge in [-0.15, -0.1) is 0 Å². The fourth-order valence-corrected chi connectivity index (χ4v) is 9.94. The van der Waals surface area contributed by atoms with E-state index in [1.807, 2.05) is 32.2 Å². The van der Waals surface area contributed by atoms with Crippen LogP contribution in [0.3, 0.4) is 0 Å². The smallest absolute Gasteiger partial charge is 0.304 e. The second-order valence-electron chi connectivity index (χ2n) is 13.7. The predicted octanol–water partition coefficient (Wildman–Crippen LogP) is 5.19. The number of hydrogen-bond donors (Lipinski definition) is 1. The molecule has 232 valence electrons. The number of ether oxygens (including phenoxy) is 2. The number of halogens is 1. The normalized spacial score (nSPS) is 35.3. The number of methoxy groups -OCH3 is 1. The highest BCUT2D eigenvalue weighted by molar-refractivity contribution is 7.87. The van der Waals surface area contributed by atoms with Gasteiger partial charge in [0.15, 0.2) is 0 Å². The van der Waals surface area contributed by atoms with Gasteiger partial charge in [-0.05, 0) is 117 Å². The van der Waals surface area contributed by atoms with E-state index >= 15 is 0 Å². The fourth-order valence-electron chi connectivity index (χ4n) is 8.64. The van der Waals surface area contributed by atoms with E-state index in [0.29, 0.717) is 29.9 Å². The monoisotopic (exact) mass is 627 g/mol. The molecule has 1 N–H and O–H groups in total. The van der Waals surface area contributed by atoms with Crippen LogP contribution in [0.15, 0.2) is 36.4 Å². The number of hydrogen-bond acceptors (Lipinski definition) is 6. The van der Waals surface area contributed by atoms with Crippen molar-refractivity contribution in [3.05, 3.63) is 58.1 Å². The van der Waals surface area contributed by atoms with Gasteiger partial charge in [-0.2, -0.15) is 12.7 Å². The summed E-state index contributed by atoms with van der Waals surface area (Å²) in [5, 5.41) is 0.755. The number of fused-ring (bicyclic) bond motifs is 6. The van der Waals surface area contributed by atoms with E-state index in [2.05, 4.69) is 21.8 Å². The van der Waals surface area contributed by atoms with Gasteiger partial charge in [-0.25, -0.2) is 4.72 Å². The number of amides is 1. The lowest BCUT2D eigenvalue weighted by Gasteiger charge is -2.51. The molecule has 2 fully saturated rings. The molecule has 8 rings (SSSR count). The minimum atomic E-state index is -4.03. The number of anilines is 1. The summed E-state index contributed by atoms with van der Waals surface area (Å²) in [6, 6.07) is 11.4. The number of aryl methyl sites for hydroxylation is 1. The second kappa shape index (κ2) is 10.9. The molecule has 2 aromatic rings. The van der Waals surface area contributed by atoms with Crippen molar-refractivity contribution in [1.29, 1.82) is 0 Å². The van der Waals surface area contributed by atoms with E-state index in [1.54, 1.807) is 13.1 Å². The molecule has 8 nitrogen and oxygen atoms in total. The van der Waals surface area contributed by atoms with Crippen LogP contribution in [0.4, 0.5) is 5.69 Å². The first kappa shape index (κ1) is 29.4. The van der Waals surface area contributed by atoms with Gasteiger partial charge in [-0.1, -0.05) is 17.7 Å². The van der Waals surface area contributed by atoms with Crippen LogP contribution in [0.1, 0.15) is 66.9 Å². The molecule has 0 radical (unpaired) electrons. The summed E-state index contributed by atoms with van der Waals surface area (Å²) < 4.78 is 43.1. The van der Waals surface area contributed by atoms with Crippen LogP contribution in [0.5, 0.6) is 5.75 Å². The van der Waals surface area contributed by atoms with Crippen LogP contribution in [0, 0.1) is 23.7 Å². The molecule has 0 saturated heterocycles. The van der Waals surface area contributed by atoms with Crippen LogP contribution in [0.25, 0.3) is 0 Å². The molecule has 6 aliphatic rings. The van der Waals surface area contributed by atoms with Crippen molar-refractivity contribution in [2.24, 2.45) is 23.7 Å². The van der Waals surface area contributed by atoms with E-state index in [-0.39, 0.29) is 23.5 Å². The topological polar surface area (TPSA) is 88.2 Å². The van der Waals surface area contributed by atoms with E-state index < -0.39 is 16.1 Å². The summed E-state index contributed by atoms with van der Waals surface area (Å²) in [6.45, 7) is 4.06. The van der Waals surface area contributed by atoms with Gasteiger partial charge in [0.05, 0.1) is 18.4 Å². The molecule has 3 aliphatic heterocycles. The van der Waals surface area contributed by atoms with Gasteiger partial charge in [0.25, 0.3) is 5.91 Å². The van der Waals surface area contributed by atoms with Crippen molar-refractivity contribution in [1.82, 2.24) is 9.03 Å². The van der Waals surface area contributed by atoms with E-state index in [1.165, 1.54) is 15.4 Å². The van der Waals surface area contributed by atoms with E-state index in [4.69, 9.17) is 21.1 Å². The summed E-state index contributed by atoms with van der Waals surface area (Å²) in [4.78, 5) is 15.9. The molecule has 1 spiro atoms. The fraction of sp³-hybridized carbons (Fsp3) is 0.606. The lowest BCUT2D eigenvalue weighted by atomic mass is 9.60. The molecule has 2 aromatic carbocycles. The Kier molecular flexibility index (Phi) is 7.47. The summed E-state index contributed by atoms with van der Waals surface area (Å²) in [5.74, 6) is 1.66. The standard InChI is InChI=1S/C33H42ClN3O5S/c1-20-24-13-25(14-24)31(41-3)27-9-6-23(27)17-37-18-33(12-4-5-21-15-26(34)8-10-28(21)33)19-42-30-11-7-22(16-29(30)37)32(38)35-43(39,40)36(20)2/h7-8,10-11,15-16,20,23-25,27,31H,4-6,9,12-14,17-19H2,1-3H3,(H,35,38)/t20-,23-,24?,25?,27+,31+,33-/m0/s1. The summed E-state index contributed by atoms with van der Waals surface area (Å²) >= 11 is 6.42. The van der Waals surface area contributed by atoms with Crippen LogP contribution < -0.4 is 14.4 Å². The third-order valence-electron chi connectivity index (χ3n) is 11.5. The molecule has 0 unspecified atom stereocenters. The minimum Gasteiger partial charge on any atom is -0.490 e. The van der Waals surface area contributed by atoms with Gasteiger partial charge < -0.3 is 14.4 Å². The van der Waals surface area contributed by atoms with Crippen molar-refractivity contribution < 1.29 is 22.7 Å². The third kappa shape index (κ3) is 5.04. The van der Waals surface area contributed by atoms with E-state index in [0.717, 1.165) is 74.5 Å². The number of carbonyl (C=O) groups is 1. The van der Waals surface area contributed by atoms with Gasteiger partial charge in [0.2, 0.25) is 0 Å². The molecule has 2 saturated carbocycles. The van der Waals surface area contributed by atoms with Crippen molar-refractivity contribution in [2.45, 2.75) is 69.4 Å². The lowest BCUT2D eigenvalue weighted by Crippen LogP contribution is -2.54. The van der Waals surface area contributed by atoms with Crippen molar-refractivity contribution >= 4 is 33.4 Å². The van der Waals surface area contributed by atoms with Gasteiger partial charge >= 0.3 is 10.2 Å². The maximum Gasteiger partial charge on any atom is 0.304 e. The summed E-state index contributed by atoms with van der Waals surface area (Å²) in [6.07, 6.45) is 7.36. The highest BCUT2D eigenvalue weighted by Crippen LogP contribution is 2.50. The summed E-state index contributed by atoms with van der Waals surface area (Å²) in [7, 11) is -0.627. The Hall–Kier alpha value is -2.33. The van der Waals surface area contributed by atoms with Crippen molar-refractivity contribution in [2.75, 3.05) is 38.8 Å².